The zero-order chi connectivity index (χ0) is 33.7. The van der Waals surface area contributed by atoms with E-state index in [4.69, 9.17) is 35.3 Å². The van der Waals surface area contributed by atoms with Crippen molar-refractivity contribution in [2.45, 2.75) is 26.7 Å². The van der Waals surface area contributed by atoms with E-state index in [0.29, 0.717) is 90.8 Å². The summed E-state index contributed by atoms with van der Waals surface area (Å²) in [5, 5.41) is 25.8. The van der Waals surface area contributed by atoms with Gasteiger partial charge in [0.2, 0.25) is 5.91 Å². The highest BCUT2D eigenvalue weighted by atomic mass is 35.5. The number of nitrogens with zero attached hydrogens (tertiary/aromatic N) is 3. The van der Waals surface area contributed by atoms with Gasteiger partial charge in [-0.3, -0.25) is 9.78 Å². The molecule has 1 aliphatic heterocycles. The standard InChI is InChI=1S/C36H34ClN5O6/c1-24(43)42-8-10-44-9-7-40-21-29-14-32(37)35(16-34(29)47-22-26-13-25(17-38)19-41-20-26)48-23-28-3-2-4-30(31(28)18-39)27-5-6-33-36(15-27)46-12-11-45-33/h2-6,13-16,19-20,40H,7-12,21-23H2,1H3,(H,42,43). The number of nitriles is 2. The van der Waals surface area contributed by atoms with Crippen LogP contribution < -0.4 is 29.6 Å². The number of hydrogen-bond acceptors (Lipinski definition) is 10. The third-order valence-corrected chi connectivity index (χ3v) is 7.59. The number of benzene rings is 3. The minimum absolute atomic E-state index is 0.0853. The van der Waals surface area contributed by atoms with Crippen LogP contribution >= 0.6 is 11.6 Å². The van der Waals surface area contributed by atoms with Crippen molar-refractivity contribution < 1.29 is 28.5 Å². The zero-order valence-electron chi connectivity index (χ0n) is 26.4. The van der Waals surface area contributed by atoms with Crippen molar-refractivity contribution in [2.24, 2.45) is 0 Å². The second-order valence-electron chi connectivity index (χ2n) is 10.7. The molecule has 1 aromatic heterocycles. The average Bonchev–Trinajstić information content (AvgIpc) is 3.11. The number of hydrogen-bond donors (Lipinski definition) is 2. The van der Waals surface area contributed by atoms with Gasteiger partial charge in [0.05, 0.1) is 29.4 Å². The van der Waals surface area contributed by atoms with Crippen molar-refractivity contribution in [1.82, 2.24) is 15.6 Å². The van der Waals surface area contributed by atoms with Gasteiger partial charge in [0, 0.05) is 61.7 Å². The quantitative estimate of drug-likeness (QED) is 0.160. The number of fused-ring (bicyclic) bond motifs is 1. The number of carbonyl (C=O) groups is 1. The average molecular weight is 668 g/mol. The molecule has 5 rings (SSSR count). The molecule has 1 aliphatic rings. The molecule has 48 heavy (non-hydrogen) atoms. The number of aromatic nitrogens is 1. The van der Waals surface area contributed by atoms with Crippen LogP contribution in [0.2, 0.25) is 5.02 Å². The molecule has 0 saturated heterocycles. The van der Waals surface area contributed by atoms with Gasteiger partial charge in [-0.05, 0) is 35.4 Å². The number of pyridine rings is 1. The van der Waals surface area contributed by atoms with Crippen LogP contribution in [0.15, 0.2) is 67.0 Å². The molecule has 0 spiro atoms. The maximum atomic E-state index is 11.0. The summed E-state index contributed by atoms with van der Waals surface area (Å²) in [6, 6.07) is 20.9. The van der Waals surface area contributed by atoms with Gasteiger partial charge in [-0.2, -0.15) is 10.5 Å². The van der Waals surface area contributed by atoms with Gasteiger partial charge in [0.1, 0.15) is 50.1 Å². The summed E-state index contributed by atoms with van der Waals surface area (Å²) in [5.74, 6) is 2.13. The first-order chi connectivity index (χ1) is 23.4. The Hall–Kier alpha value is -5.33. The van der Waals surface area contributed by atoms with Gasteiger partial charge in [0.25, 0.3) is 0 Å². The van der Waals surface area contributed by atoms with Gasteiger partial charge in [-0.25, -0.2) is 0 Å². The lowest BCUT2D eigenvalue weighted by atomic mass is 9.96. The van der Waals surface area contributed by atoms with Crippen LogP contribution in [0, 0.1) is 22.7 Å². The Morgan fingerprint density at radius 1 is 0.917 bits per heavy atom. The highest BCUT2D eigenvalue weighted by Gasteiger charge is 2.17. The Morgan fingerprint density at radius 3 is 2.54 bits per heavy atom. The topological polar surface area (TPSA) is 148 Å². The van der Waals surface area contributed by atoms with E-state index >= 15 is 0 Å². The van der Waals surface area contributed by atoms with Gasteiger partial charge in [0.15, 0.2) is 11.5 Å². The van der Waals surface area contributed by atoms with Crippen LogP contribution in [0.1, 0.15) is 34.7 Å². The summed E-state index contributed by atoms with van der Waals surface area (Å²) >= 11 is 6.71. The number of rotatable bonds is 15. The van der Waals surface area contributed by atoms with E-state index < -0.39 is 0 Å². The molecule has 0 fully saturated rings. The van der Waals surface area contributed by atoms with E-state index in [1.165, 1.54) is 13.1 Å². The highest BCUT2D eigenvalue weighted by molar-refractivity contribution is 6.32. The fraction of sp³-hybridized carbons (Fsp3) is 0.278. The smallest absolute Gasteiger partial charge is 0.216 e. The molecular weight excluding hydrogens is 634 g/mol. The first kappa shape index (κ1) is 34.0. The third-order valence-electron chi connectivity index (χ3n) is 7.29. The van der Waals surface area contributed by atoms with E-state index in [1.807, 2.05) is 36.4 Å². The van der Waals surface area contributed by atoms with E-state index in [2.05, 4.69) is 27.8 Å². The number of amides is 1. The van der Waals surface area contributed by atoms with Gasteiger partial charge < -0.3 is 34.3 Å². The van der Waals surface area contributed by atoms with Crippen LogP contribution in [0.5, 0.6) is 23.0 Å². The fourth-order valence-electron chi connectivity index (χ4n) is 4.98. The van der Waals surface area contributed by atoms with Crippen molar-refractivity contribution in [3.8, 4) is 46.3 Å². The van der Waals surface area contributed by atoms with Crippen LogP contribution in [0.4, 0.5) is 0 Å². The van der Waals surface area contributed by atoms with Gasteiger partial charge >= 0.3 is 0 Å². The van der Waals surface area contributed by atoms with Crippen LogP contribution in [-0.4, -0.2) is 50.4 Å². The van der Waals surface area contributed by atoms with Crippen LogP contribution in [-0.2, 0) is 29.3 Å². The highest BCUT2D eigenvalue weighted by Crippen LogP contribution is 2.37. The first-order valence-electron chi connectivity index (χ1n) is 15.3. The monoisotopic (exact) mass is 667 g/mol. The van der Waals surface area contributed by atoms with E-state index in [0.717, 1.165) is 22.3 Å². The lowest BCUT2D eigenvalue weighted by molar-refractivity contribution is -0.119. The van der Waals surface area contributed by atoms with Gasteiger partial charge in [-0.1, -0.05) is 35.9 Å². The molecular formula is C36H34ClN5O6. The van der Waals surface area contributed by atoms with Crippen molar-refractivity contribution >= 4 is 17.5 Å². The molecule has 2 N–H and O–H groups in total. The number of nitrogens with one attached hydrogen (secondary N) is 2. The van der Waals surface area contributed by atoms with Crippen molar-refractivity contribution in [2.75, 3.05) is 39.5 Å². The predicted molar refractivity (Wildman–Crippen MR) is 178 cm³/mol. The number of ether oxygens (including phenoxy) is 5. The molecule has 3 aromatic carbocycles. The molecule has 12 heteroatoms. The zero-order valence-corrected chi connectivity index (χ0v) is 27.1. The molecule has 0 bridgehead atoms. The largest absolute Gasteiger partial charge is 0.488 e. The van der Waals surface area contributed by atoms with E-state index in [1.54, 1.807) is 24.4 Å². The molecule has 0 atom stereocenters. The molecule has 1 amide bonds. The molecule has 11 nitrogen and oxygen atoms in total. The van der Waals surface area contributed by atoms with Crippen molar-refractivity contribution in [3.05, 3.63) is 99.8 Å². The van der Waals surface area contributed by atoms with Crippen molar-refractivity contribution in [1.29, 1.82) is 10.5 Å². The Balaban J connectivity index is 1.31. The molecule has 246 valence electrons. The molecule has 0 aliphatic carbocycles. The number of halogens is 1. The maximum absolute atomic E-state index is 11.0. The predicted octanol–water partition coefficient (Wildman–Crippen LogP) is 5.32. The second kappa shape index (κ2) is 17.0. The Labute approximate surface area is 283 Å². The third kappa shape index (κ3) is 9.14. The first-order valence-corrected chi connectivity index (χ1v) is 15.7. The minimum Gasteiger partial charge on any atom is -0.488 e. The van der Waals surface area contributed by atoms with Gasteiger partial charge in [-0.15, -0.1) is 0 Å². The Kier molecular flexibility index (Phi) is 12.0. The summed E-state index contributed by atoms with van der Waals surface area (Å²) in [6.07, 6.45) is 3.13. The number of carbonyl (C=O) groups excluding carboxylic acids is 1. The lowest BCUT2D eigenvalue weighted by Gasteiger charge is -2.19. The van der Waals surface area contributed by atoms with Crippen molar-refractivity contribution in [3.63, 3.8) is 0 Å². The van der Waals surface area contributed by atoms with E-state index in [9.17, 15) is 15.3 Å². The molecule has 0 saturated carbocycles. The Morgan fingerprint density at radius 2 is 1.73 bits per heavy atom. The summed E-state index contributed by atoms with van der Waals surface area (Å²) in [6.45, 7) is 4.97. The normalized spacial score (nSPS) is 11.7. The second-order valence-corrected chi connectivity index (χ2v) is 11.2. The van der Waals surface area contributed by atoms with Crippen LogP contribution in [0.3, 0.4) is 0 Å². The Bertz CT molecular complexity index is 1840. The lowest BCUT2D eigenvalue weighted by Crippen LogP contribution is -2.26. The summed E-state index contributed by atoms with van der Waals surface area (Å²) in [5.41, 5.74) is 4.69. The summed E-state index contributed by atoms with van der Waals surface area (Å²) in [7, 11) is 0. The summed E-state index contributed by atoms with van der Waals surface area (Å²) < 4.78 is 29.3. The maximum Gasteiger partial charge on any atom is 0.216 e. The van der Waals surface area contributed by atoms with Crippen LogP contribution in [0.25, 0.3) is 11.1 Å². The molecule has 0 radical (unpaired) electrons. The van der Waals surface area contributed by atoms with E-state index in [-0.39, 0.29) is 19.1 Å². The summed E-state index contributed by atoms with van der Waals surface area (Å²) in [4.78, 5) is 15.1. The fourth-order valence-corrected chi connectivity index (χ4v) is 5.22. The SMILES string of the molecule is CC(=O)NCCOCCNCc1cc(Cl)c(OCc2cccc(-c3ccc4c(c3)OCCO4)c2C#N)cc1OCc1cncc(C#N)c1. The molecule has 0 unspecified atom stereocenters. The molecule has 2 heterocycles. The molecule has 4 aromatic rings. The minimum atomic E-state index is -0.0979.